The molecular formula is C30H29N5O4S2. The van der Waals surface area contributed by atoms with Gasteiger partial charge in [-0.05, 0) is 49.4 Å². The lowest BCUT2D eigenvalue weighted by Crippen LogP contribution is -2.36. The molecular weight excluding hydrogens is 558 g/mol. The number of fused-ring (bicyclic) bond motifs is 2. The molecule has 210 valence electrons. The summed E-state index contributed by atoms with van der Waals surface area (Å²) in [6.07, 6.45) is -0.828. The molecule has 2 aliphatic heterocycles. The Balaban J connectivity index is 1.27. The zero-order valence-electron chi connectivity index (χ0n) is 22.4. The van der Waals surface area contributed by atoms with Crippen LogP contribution in [0.4, 0.5) is 16.2 Å². The molecule has 1 atom stereocenters. The number of nitrogens with zero attached hydrogens (tertiary/aromatic N) is 2. The maximum absolute atomic E-state index is 12.7. The van der Waals surface area contributed by atoms with Gasteiger partial charge in [0, 0.05) is 61.4 Å². The van der Waals surface area contributed by atoms with Gasteiger partial charge < -0.3 is 30.4 Å². The molecule has 41 heavy (non-hydrogen) atoms. The average Bonchev–Trinajstić information content (AvgIpc) is 2.98. The first-order valence-electron chi connectivity index (χ1n) is 13.3. The number of aryl methyl sites for hydroxylation is 1. The zero-order chi connectivity index (χ0) is 28.3. The molecule has 1 saturated heterocycles. The minimum atomic E-state index is -0.828. The molecule has 0 spiro atoms. The number of benzene rings is 2. The van der Waals surface area contributed by atoms with E-state index in [0.29, 0.717) is 13.2 Å². The summed E-state index contributed by atoms with van der Waals surface area (Å²) in [7, 11) is 0. The Bertz CT molecular complexity index is 1650. The molecule has 9 nitrogen and oxygen atoms in total. The van der Waals surface area contributed by atoms with Crippen molar-refractivity contribution in [2.75, 3.05) is 43.1 Å². The van der Waals surface area contributed by atoms with Gasteiger partial charge in [-0.1, -0.05) is 41.7 Å². The van der Waals surface area contributed by atoms with Crippen LogP contribution >= 0.6 is 23.5 Å². The number of carbonyl (C=O) groups is 1. The van der Waals surface area contributed by atoms with Gasteiger partial charge in [0.15, 0.2) is 0 Å². The number of aromatic amines is 1. The lowest BCUT2D eigenvalue weighted by Gasteiger charge is -2.29. The van der Waals surface area contributed by atoms with E-state index in [-0.39, 0.29) is 18.2 Å². The first kappa shape index (κ1) is 27.3. The Morgan fingerprint density at radius 3 is 2.71 bits per heavy atom. The summed E-state index contributed by atoms with van der Waals surface area (Å²) in [5, 5.41) is 3.46. The summed E-state index contributed by atoms with van der Waals surface area (Å²) in [6, 6.07) is 21.5. The highest BCUT2D eigenvalue weighted by atomic mass is 32.2. The number of anilines is 2. The fourth-order valence-corrected chi connectivity index (χ4v) is 7.32. The van der Waals surface area contributed by atoms with E-state index in [4.69, 9.17) is 15.2 Å². The number of carbonyl (C=O) groups excluding carboxylic acids is 1. The second-order valence-electron chi connectivity index (χ2n) is 9.75. The fraction of sp³-hybridized carbons (Fsp3) is 0.233. The van der Waals surface area contributed by atoms with Crippen LogP contribution in [-0.2, 0) is 9.47 Å². The van der Waals surface area contributed by atoms with Gasteiger partial charge in [-0.25, -0.2) is 4.79 Å². The number of primary amides is 1. The molecule has 2 aromatic heterocycles. The first-order chi connectivity index (χ1) is 19.9. The third-order valence-electron chi connectivity index (χ3n) is 6.85. The van der Waals surface area contributed by atoms with Crippen LogP contribution in [0.3, 0.4) is 0 Å². The molecule has 0 saturated carbocycles. The number of morpholine rings is 1. The van der Waals surface area contributed by atoms with E-state index in [1.54, 1.807) is 29.6 Å². The van der Waals surface area contributed by atoms with Crippen molar-refractivity contribution in [3.63, 3.8) is 0 Å². The van der Waals surface area contributed by atoms with Crippen molar-refractivity contribution in [3.8, 4) is 11.3 Å². The fourth-order valence-electron chi connectivity index (χ4n) is 4.91. The summed E-state index contributed by atoms with van der Waals surface area (Å²) < 4.78 is 10.6. The van der Waals surface area contributed by atoms with E-state index in [1.165, 1.54) is 0 Å². The molecule has 0 radical (unpaired) electrons. The van der Waals surface area contributed by atoms with E-state index >= 15 is 0 Å². The monoisotopic (exact) mass is 587 g/mol. The molecule has 4 heterocycles. The van der Waals surface area contributed by atoms with Crippen molar-refractivity contribution < 1.29 is 14.3 Å². The molecule has 0 bridgehead atoms. The van der Waals surface area contributed by atoms with E-state index in [1.807, 2.05) is 37.3 Å². The molecule has 2 aromatic carbocycles. The third kappa shape index (κ3) is 6.22. The number of rotatable bonds is 7. The van der Waals surface area contributed by atoms with Crippen LogP contribution in [0.5, 0.6) is 0 Å². The van der Waals surface area contributed by atoms with Crippen LogP contribution in [0.1, 0.15) is 17.4 Å². The normalized spacial score (nSPS) is 15.0. The van der Waals surface area contributed by atoms with Gasteiger partial charge in [-0.3, -0.25) is 9.78 Å². The summed E-state index contributed by atoms with van der Waals surface area (Å²) in [5.41, 5.74) is 10.3. The number of ether oxygens (including phenoxy) is 2. The Kier molecular flexibility index (Phi) is 7.91. The van der Waals surface area contributed by atoms with E-state index in [0.717, 1.165) is 66.7 Å². The van der Waals surface area contributed by atoms with Crippen LogP contribution in [0.25, 0.3) is 11.3 Å². The highest BCUT2D eigenvalue weighted by Crippen LogP contribution is 2.52. The number of amides is 1. The number of nitrogens with one attached hydrogen (secondary N) is 2. The van der Waals surface area contributed by atoms with Gasteiger partial charge in [-0.2, -0.15) is 0 Å². The van der Waals surface area contributed by atoms with Crippen LogP contribution in [0.2, 0.25) is 0 Å². The quantitative estimate of drug-likeness (QED) is 0.228. The van der Waals surface area contributed by atoms with Crippen LogP contribution in [-0.4, -0.2) is 49.0 Å². The van der Waals surface area contributed by atoms with Crippen molar-refractivity contribution in [2.24, 2.45) is 5.73 Å². The zero-order valence-corrected chi connectivity index (χ0v) is 24.0. The van der Waals surface area contributed by atoms with Crippen molar-refractivity contribution >= 4 is 41.0 Å². The summed E-state index contributed by atoms with van der Waals surface area (Å²) in [6.45, 7) is 4.81. The Morgan fingerprint density at radius 1 is 1.07 bits per heavy atom. The molecule has 1 unspecified atom stereocenters. The number of aromatic nitrogens is 2. The highest BCUT2D eigenvalue weighted by Gasteiger charge is 2.23. The SMILES string of the molecule is Cc1cccc(C(COC(N)=O)Nc2ccc3c(c2)Sc2cccc(-c4cc(N5CCOCC5)cc(=O)[nH]4)c2S3)n1. The van der Waals surface area contributed by atoms with Gasteiger partial charge in [0.1, 0.15) is 12.6 Å². The number of hydrogen-bond donors (Lipinski definition) is 3. The van der Waals surface area contributed by atoms with Crippen molar-refractivity contribution in [1.82, 2.24) is 9.97 Å². The largest absolute Gasteiger partial charge is 0.447 e. The van der Waals surface area contributed by atoms with Gasteiger partial charge in [-0.15, -0.1) is 0 Å². The van der Waals surface area contributed by atoms with Gasteiger partial charge >= 0.3 is 6.09 Å². The van der Waals surface area contributed by atoms with Gasteiger partial charge in [0.2, 0.25) is 5.56 Å². The summed E-state index contributed by atoms with van der Waals surface area (Å²) in [4.78, 5) is 38.3. The predicted octanol–water partition coefficient (Wildman–Crippen LogP) is 5.45. The Morgan fingerprint density at radius 2 is 1.90 bits per heavy atom. The second-order valence-corrected chi connectivity index (χ2v) is 11.9. The minimum absolute atomic E-state index is 0.0542. The topological polar surface area (TPSA) is 123 Å². The second kappa shape index (κ2) is 11.9. The van der Waals surface area contributed by atoms with Crippen molar-refractivity contribution in [3.05, 3.63) is 88.5 Å². The first-order valence-corrected chi connectivity index (χ1v) is 14.9. The van der Waals surface area contributed by atoms with E-state index in [9.17, 15) is 9.59 Å². The van der Waals surface area contributed by atoms with Crippen LogP contribution in [0, 0.1) is 6.92 Å². The Labute approximate surface area is 245 Å². The maximum atomic E-state index is 12.7. The Hall–Kier alpha value is -3.93. The standard InChI is InChI=1S/C30H29N5O4S2/c1-18-4-2-6-22(32-18)24(17-39-30(31)37)33-19-8-9-25-27(14-19)40-26-7-3-5-21(29(26)41-25)23-15-20(16-28(36)34-23)35-10-12-38-13-11-35/h2-9,14-16,24,33H,10-13,17H2,1H3,(H2,31,37)(H,34,36). The van der Waals surface area contributed by atoms with Crippen LogP contribution in [0.15, 0.2) is 91.1 Å². The molecule has 1 amide bonds. The average molecular weight is 588 g/mol. The summed E-state index contributed by atoms with van der Waals surface area (Å²) >= 11 is 3.37. The maximum Gasteiger partial charge on any atom is 0.404 e. The van der Waals surface area contributed by atoms with Crippen molar-refractivity contribution in [1.29, 1.82) is 0 Å². The lowest BCUT2D eigenvalue weighted by atomic mass is 10.1. The van der Waals surface area contributed by atoms with E-state index < -0.39 is 6.09 Å². The number of hydrogen-bond acceptors (Lipinski definition) is 9. The minimum Gasteiger partial charge on any atom is -0.447 e. The number of nitrogens with two attached hydrogens (primary N) is 1. The number of pyridine rings is 2. The molecule has 4 N–H and O–H groups in total. The van der Waals surface area contributed by atoms with Crippen LogP contribution < -0.4 is 21.5 Å². The molecule has 0 aliphatic carbocycles. The molecule has 1 fully saturated rings. The molecule has 4 aromatic rings. The third-order valence-corrected chi connectivity index (χ3v) is 9.45. The van der Waals surface area contributed by atoms with Gasteiger partial charge in [0.05, 0.1) is 24.6 Å². The molecule has 2 aliphatic rings. The van der Waals surface area contributed by atoms with Crippen molar-refractivity contribution in [2.45, 2.75) is 32.5 Å². The number of H-pyrrole nitrogens is 1. The summed E-state index contributed by atoms with van der Waals surface area (Å²) in [5.74, 6) is 0. The lowest BCUT2D eigenvalue weighted by molar-refractivity contribution is 0.122. The molecule has 11 heteroatoms. The van der Waals surface area contributed by atoms with Gasteiger partial charge in [0.25, 0.3) is 0 Å². The predicted molar refractivity (Wildman–Crippen MR) is 161 cm³/mol. The highest BCUT2D eigenvalue weighted by molar-refractivity contribution is 8.05. The smallest absolute Gasteiger partial charge is 0.404 e. The van der Waals surface area contributed by atoms with E-state index in [2.05, 4.69) is 50.5 Å². The molecule has 6 rings (SSSR count).